The minimum absolute atomic E-state index is 0.180. The topological polar surface area (TPSA) is 108 Å². The number of carboxylic acid groups (broad SMARTS) is 1. The number of piperidine rings is 1. The number of rotatable bonds is 10. The summed E-state index contributed by atoms with van der Waals surface area (Å²) in [7, 11) is 1.68. The Hall–Kier alpha value is -2.65. The van der Waals surface area contributed by atoms with Crippen LogP contribution >= 0.6 is 0 Å². The first-order chi connectivity index (χ1) is 16.5. The van der Waals surface area contributed by atoms with Crippen LogP contribution in [0.5, 0.6) is 0 Å². The number of para-hydroxylation sites is 2. The summed E-state index contributed by atoms with van der Waals surface area (Å²) in [6.07, 6.45) is 1.21. The fraction of sp³-hybridized carbons (Fsp3) is 0.654. The second-order valence-corrected chi connectivity index (χ2v) is 10.6. The van der Waals surface area contributed by atoms with Gasteiger partial charge in [0.1, 0.15) is 0 Å². The summed E-state index contributed by atoms with van der Waals surface area (Å²) in [6.45, 7) is 9.72. The maximum Gasteiger partial charge on any atom is 0.407 e. The van der Waals surface area contributed by atoms with E-state index in [0.717, 1.165) is 23.9 Å². The lowest BCUT2D eigenvalue weighted by atomic mass is 9.81. The van der Waals surface area contributed by atoms with Gasteiger partial charge in [-0.05, 0) is 51.2 Å². The molecule has 2 heterocycles. The molecule has 0 bridgehead atoms. The maximum absolute atomic E-state index is 14.1. The highest BCUT2D eigenvalue weighted by molar-refractivity contribution is 5.95. The number of carbonyl (C=O) groups is 2. The summed E-state index contributed by atoms with van der Waals surface area (Å²) in [5.74, 6) is 0.0665. The molecule has 1 fully saturated rings. The molecule has 2 amide bonds. The average molecular weight is 489 g/mol. The molecule has 1 aliphatic heterocycles. The van der Waals surface area contributed by atoms with Crippen molar-refractivity contribution in [1.82, 2.24) is 19.4 Å². The number of amides is 2. The Labute approximate surface area is 207 Å². The van der Waals surface area contributed by atoms with Gasteiger partial charge in [-0.25, -0.2) is 9.78 Å². The first kappa shape index (κ1) is 26.9. The predicted octanol–water partition coefficient (Wildman–Crippen LogP) is 3.70. The molecule has 2 N–H and O–H groups in total. The van der Waals surface area contributed by atoms with E-state index in [2.05, 4.69) is 0 Å². The molecule has 3 rings (SSSR count). The third-order valence-electron chi connectivity index (χ3n) is 6.79. The molecule has 0 unspecified atom stereocenters. The van der Waals surface area contributed by atoms with Crippen LogP contribution in [0.15, 0.2) is 24.3 Å². The van der Waals surface area contributed by atoms with Gasteiger partial charge < -0.3 is 29.3 Å². The van der Waals surface area contributed by atoms with Crippen LogP contribution in [0.3, 0.4) is 0 Å². The van der Waals surface area contributed by atoms with Crippen LogP contribution in [0.2, 0.25) is 0 Å². The minimum atomic E-state index is -1.06. The largest absolute Gasteiger partial charge is 0.465 e. The summed E-state index contributed by atoms with van der Waals surface area (Å²) >= 11 is 0. The highest BCUT2D eigenvalue weighted by Crippen LogP contribution is 2.31. The number of benzene rings is 1. The number of aliphatic hydroxyl groups is 1. The summed E-state index contributed by atoms with van der Waals surface area (Å²) in [5.41, 5.74) is 0.605. The lowest BCUT2D eigenvalue weighted by Crippen LogP contribution is -2.58. The molecule has 0 saturated carbocycles. The molecule has 2 atom stereocenters. The van der Waals surface area contributed by atoms with E-state index in [-0.39, 0.29) is 36.9 Å². The van der Waals surface area contributed by atoms with Crippen LogP contribution in [0.25, 0.3) is 11.0 Å². The Morgan fingerprint density at radius 1 is 1.23 bits per heavy atom. The predicted molar refractivity (Wildman–Crippen MR) is 135 cm³/mol. The van der Waals surface area contributed by atoms with Crippen molar-refractivity contribution < 1.29 is 24.5 Å². The van der Waals surface area contributed by atoms with Crippen molar-refractivity contribution in [3.63, 3.8) is 0 Å². The molecule has 2 aromatic rings. The van der Waals surface area contributed by atoms with Crippen LogP contribution in [-0.4, -0.2) is 86.6 Å². The van der Waals surface area contributed by atoms with Crippen molar-refractivity contribution in [3.05, 3.63) is 30.1 Å². The molecule has 0 radical (unpaired) electrons. The molecule has 9 nitrogen and oxygen atoms in total. The Kier molecular flexibility index (Phi) is 8.77. The van der Waals surface area contributed by atoms with Crippen LogP contribution in [0.4, 0.5) is 4.79 Å². The molecule has 1 aromatic carbocycles. The van der Waals surface area contributed by atoms with Gasteiger partial charge in [-0.3, -0.25) is 4.79 Å². The standard InChI is InChI=1S/C26H40N4O5/c1-18(2)15-30(20-14-19(26(3,4)34)16-28(17-20)25(32)33)24(31)23-27-21-10-6-7-11-22(21)29(23)12-8-9-13-35-5/h6-7,10-11,18-20,34H,8-9,12-17H2,1-5H3,(H,32,33)/t19-,20+/m1/s1. The molecular weight excluding hydrogens is 448 g/mol. The van der Waals surface area contributed by atoms with Crippen molar-refractivity contribution in [2.75, 3.05) is 33.4 Å². The van der Waals surface area contributed by atoms with Gasteiger partial charge in [0.25, 0.3) is 5.91 Å². The van der Waals surface area contributed by atoms with E-state index in [1.54, 1.807) is 25.9 Å². The summed E-state index contributed by atoms with van der Waals surface area (Å²) in [5, 5.41) is 20.5. The maximum atomic E-state index is 14.1. The molecule has 1 saturated heterocycles. The van der Waals surface area contributed by atoms with Crippen molar-refractivity contribution in [3.8, 4) is 0 Å². The van der Waals surface area contributed by atoms with Gasteiger partial charge in [-0.1, -0.05) is 26.0 Å². The third-order valence-corrected chi connectivity index (χ3v) is 6.79. The van der Waals surface area contributed by atoms with Crippen LogP contribution < -0.4 is 0 Å². The number of imidazole rings is 1. The van der Waals surface area contributed by atoms with Gasteiger partial charge in [-0.15, -0.1) is 0 Å². The molecule has 9 heteroatoms. The fourth-order valence-electron chi connectivity index (χ4n) is 4.87. The van der Waals surface area contributed by atoms with Crippen molar-refractivity contribution in [2.24, 2.45) is 11.8 Å². The van der Waals surface area contributed by atoms with Gasteiger partial charge >= 0.3 is 6.09 Å². The molecule has 1 aromatic heterocycles. The van der Waals surface area contributed by atoms with Crippen LogP contribution in [-0.2, 0) is 11.3 Å². The summed E-state index contributed by atoms with van der Waals surface area (Å²) in [4.78, 5) is 33.8. The van der Waals surface area contributed by atoms with E-state index in [1.165, 1.54) is 4.90 Å². The summed E-state index contributed by atoms with van der Waals surface area (Å²) < 4.78 is 7.16. The number of aromatic nitrogens is 2. The Morgan fingerprint density at radius 3 is 2.57 bits per heavy atom. The van der Waals surface area contributed by atoms with Gasteiger partial charge in [-0.2, -0.15) is 0 Å². The van der Waals surface area contributed by atoms with Crippen molar-refractivity contribution in [1.29, 1.82) is 0 Å². The molecule has 1 aliphatic rings. The van der Waals surface area contributed by atoms with E-state index < -0.39 is 11.7 Å². The van der Waals surface area contributed by atoms with Crippen LogP contribution in [0.1, 0.15) is 57.6 Å². The number of nitrogens with zero attached hydrogens (tertiary/aromatic N) is 4. The lowest BCUT2D eigenvalue weighted by Gasteiger charge is -2.45. The second-order valence-electron chi connectivity index (χ2n) is 10.6. The van der Waals surface area contributed by atoms with E-state index in [0.29, 0.717) is 31.9 Å². The number of ether oxygens (including phenoxy) is 1. The normalized spacial score (nSPS) is 18.9. The Bertz CT molecular complexity index is 1010. The summed E-state index contributed by atoms with van der Waals surface area (Å²) in [6, 6.07) is 7.37. The van der Waals surface area contributed by atoms with Gasteiger partial charge in [0.2, 0.25) is 0 Å². The Balaban J connectivity index is 1.98. The first-order valence-corrected chi connectivity index (χ1v) is 12.5. The third kappa shape index (κ3) is 6.52. The Morgan fingerprint density at radius 2 is 1.94 bits per heavy atom. The SMILES string of the molecule is COCCCCn1c(C(=O)N(CC(C)C)[C@H]2C[C@@H](C(C)(C)O)CN(C(=O)O)C2)nc2ccccc21. The average Bonchev–Trinajstić information content (AvgIpc) is 3.17. The first-order valence-electron chi connectivity index (χ1n) is 12.5. The zero-order valence-electron chi connectivity index (χ0n) is 21.6. The highest BCUT2D eigenvalue weighted by Gasteiger charge is 2.41. The van der Waals surface area contributed by atoms with E-state index in [1.807, 2.05) is 42.7 Å². The smallest absolute Gasteiger partial charge is 0.407 e. The van der Waals surface area contributed by atoms with Crippen molar-refractivity contribution >= 4 is 23.0 Å². The fourth-order valence-corrected chi connectivity index (χ4v) is 4.87. The van der Waals surface area contributed by atoms with E-state index in [4.69, 9.17) is 9.72 Å². The number of methoxy groups -OCH3 is 1. The number of hydrogen-bond acceptors (Lipinski definition) is 5. The second kappa shape index (κ2) is 11.4. The van der Waals surface area contributed by atoms with E-state index in [9.17, 15) is 19.8 Å². The number of hydrogen-bond donors (Lipinski definition) is 2. The van der Waals surface area contributed by atoms with Crippen LogP contribution in [0, 0.1) is 11.8 Å². The van der Waals surface area contributed by atoms with E-state index >= 15 is 0 Å². The van der Waals surface area contributed by atoms with Gasteiger partial charge in [0.05, 0.1) is 22.7 Å². The zero-order chi connectivity index (χ0) is 25.8. The monoisotopic (exact) mass is 488 g/mol. The quantitative estimate of drug-likeness (QED) is 0.494. The number of likely N-dealkylation sites (tertiary alicyclic amines) is 1. The number of fused-ring (bicyclic) bond motifs is 1. The van der Waals surface area contributed by atoms with Gasteiger partial charge in [0, 0.05) is 45.8 Å². The van der Waals surface area contributed by atoms with Gasteiger partial charge in [0.15, 0.2) is 5.82 Å². The lowest BCUT2D eigenvalue weighted by molar-refractivity contribution is -0.0366. The molecule has 194 valence electrons. The number of aryl methyl sites for hydroxylation is 1. The minimum Gasteiger partial charge on any atom is -0.465 e. The molecule has 0 aliphatic carbocycles. The number of carbonyl (C=O) groups excluding carboxylic acids is 1. The number of unbranched alkanes of at least 4 members (excludes halogenated alkanes) is 1. The molecular formula is C26H40N4O5. The highest BCUT2D eigenvalue weighted by atomic mass is 16.5. The molecule has 0 spiro atoms. The van der Waals surface area contributed by atoms with Crippen molar-refractivity contribution in [2.45, 2.75) is 65.1 Å². The molecule has 35 heavy (non-hydrogen) atoms. The zero-order valence-corrected chi connectivity index (χ0v) is 21.6.